The van der Waals surface area contributed by atoms with Gasteiger partial charge in [0.1, 0.15) is 11.8 Å². The molecule has 0 aliphatic heterocycles. The number of H-pyrrole nitrogens is 1. The Hall–Kier alpha value is -2.63. The zero-order valence-corrected chi connectivity index (χ0v) is 16.0. The molecule has 26 heavy (non-hydrogen) atoms. The fraction of sp³-hybridized carbons (Fsp3) is 0.176. The van der Waals surface area contributed by atoms with Gasteiger partial charge < -0.3 is 10.3 Å². The van der Waals surface area contributed by atoms with E-state index in [1.165, 1.54) is 6.20 Å². The number of hydrogen-bond donors (Lipinski definition) is 2. The van der Waals surface area contributed by atoms with Crippen LogP contribution in [-0.4, -0.2) is 31.7 Å². The molecule has 1 amide bonds. The first-order chi connectivity index (χ1) is 12.5. The second-order valence-electron chi connectivity index (χ2n) is 5.68. The smallest absolute Gasteiger partial charge is 0.271 e. The highest BCUT2D eigenvalue weighted by Crippen LogP contribution is 2.24. The van der Waals surface area contributed by atoms with Crippen LogP contribution in [0.3, 0.4) is 0 Å². The number of aromatic nitrogens is 4. The molecule has 0 bridgehead atoms. The standard InChI is InChI=1S/C17H14BrClN6O/c1-10(22-16(26)15-8-21-17(18)23-15)9-25-5-4-14(24-25)11-2-3-12(7-20)13(19)6-11/h2-6,8,10H,9H2,1H3,(H,21,23)(H,22,26)/t10-/m0/s1. The molecule has 0 fully saturated rings. The summed E-state index contributed by atoms with van der Waals surface area (Å²) in [4.78, 5) is 18.9. The molecular formula is C17H14BrClN6O. The number of imidazole rings is 1. The molecule has 9 heteroatoms. The summed E-state index contributed by atoms with van der Waals surface area (Å²) in [7, 11) is 0. The first kappa shape index (κ1) is 18.2. The van der Waals surface area contributed by atoms with Gasteiger partial charge in [-0.2, -0.15) is 10.4 Å². The molecular weight excluding hydrogens is 420 g/mol. The average molecular weight is 434 g/mol. The van der Waals surface area contributed by atoms with Crippen molar-refractivity contribution in [1.82, 2.24) is 25.1 Å². The van der Waals surface area contributed by atoms with Crippen LogP contribution in [0.5, 0.6) is 0 Å². The lowest BCUT2D eigenvalue weighted by molar-refractivity contribution is 0.0931. The number of aromatic amines is 1. The largest absolute Gasteiger partial charge is 0.346 e. The second-order valence-corrected chi connectivity index (χ2v) is 6.84. The molecule has 7 nitrogen and oxygen atoms in total. The minimum atomic E-state index is -0.259. The van der Waals surface area contributed by atoms with Crippen molar-refractivity contribution in [1.29, 1.82) is 5.26 Å². The van der Waals surface area contributed by atoms with Gasteiger partial charge in [0.2, 0.25) is 0 Å². The fourth-order valence-corrected chi connectivity index (χ4v) is 2.95. The monoisotopic (exact) mass is 432 g/mol. The summed E-state index contributed by atoms with van der Waals surface area (Å²) in [5.74, 6) is -0.259. The molecule has 0 saturated heterocycles. The molecule has 0 unspecified atom stereocenters. The summed E-state index contributed by atoms with van der Waals surface area (Å²) >= 11 is 9.24. The lowest BCUT2D eigenvalue weighted by Crippen LogP contribution is -2.36. The van der Waals surface area contributed by atoms with Crippen LogP contribution in [0.2, 0.25) is 5.02 Å². The van der Waals surface area contributed by atoms with Gasteiger partial charge in [-0.1, -0.05) is 17.7 Å². The summed E-state index contributed by atoms with van der Waals surface area (Å²) in [6.07, 6.45) is 3.36. The summed E-state index contributed by atoms with van der Waals surface area (Å²) in [6.45, 7) is 2.39. The molecule has 0 aliphatic rings. The maximum absolute atomic E-state index is 12.1. The summed E-state index contributed by atoms with van der Waals surface area (Å²) in [6, 6.07) is 8.93. The lowest BCUT2D eigenvalue weighted by Gasteiger charge is -2.13. The summed E-state index contributed by atoms with van der Waals surface area (Å²) in [5, 5.41) is 16.7. The normalized spacial score (nSPS) is 11.8. The molecule has 2 aromatic heterocycles. The first-order valence-electron chi connectivity index (χ1n) is 7.71. The third kappa shape index (κ3) is 4.12. The Morgan fingerprint density at radius 3 is 2.96 bits per heavy atom. The minimum Gasteiger partial charge on any atom is -0.346 e. The van der Waals surface area contributed by atoms with Gasteiger partial charge in [0.25, 0.3) is 5.91 Å². The Balaban J connectivity index is 1.65. The Bertz CT molecular complexity index is 989. The van der Waals surface area contributed by atoms with Crippen molar-refractivity contribution in [3.63, 3.8) is 0 Å². The second kappa shape index (κ2) is 7.72. The van der Waals surface area contributed by atoms with E-state index in [0.717, 1.165) is 11.3 Å². The molecule has 0 spiro atoms. The zero-order chi connectivity index (χ0) is 18.7. The number of nitrogens with one attached hydrogen (secondary N) is 2. The predicted octanol–water partition coefficient (Wildman–Crippen LogP) is 3.38. The van der Waals surface area contributed by atoms with Crippen molar-refractivity contribution < 1.29 is 4.79 Å². The molecule has 1 atom stereocenters. The van der Waals surface area contributed by atoms with E-state index in [0.29, 0.717) is 27.6 Å². The molecule has 3 rings (SSSR count). The Labute approximate surface area is 163 Å². The van der Waals surface area contributed by atoms with E-state index >= 15 is 0 Å². The molecule has 2 heterocycles. The average Bonchev–Trinajstić information content (AvgIpc) is 3.24. The number of benzene rings is 1. The Kier molecular flexibility index (Phi) is 5.40. The van der Waals surface area contributed by atoms with E-state index < -0.39 is 0 Å². The third-order valence-electron chi connectivity index (χ3n) is 3.64. The van der Waals surface area contributed by atoms with E-state index in [2.05, 4.69) is 36.3 Å². The van der Waals surface area contributed by atoms with Crippen LogP contribution in [0, 0.1) is 11.3 Å². The van der Waals surface area contributed by atoms with Crippen LogP contribution in [0.15, 0.2) is 41.4 Å². The van der Waals surface area contributed by atoms with Gasteiger partial charge in [-0.15, -0.1) is 0 Å². The Morgan fingerprint density at radius 2 is 2.31 bits per heavy atom. The zero-order valence-electron chi connectivity index (χ0n) is 13.7. The van der Waals surface area contributed by atoms with Crippen LogP contribution >= 0.6 is 27.5 Å². The van der Waals surface area contributed by atoms with Crippen molar-refractivity contribution in [2.24, 2.45) is 0 Å². The number of nitriles is 1. The van der Waals surface area contributed by atoms with Crippen molar-refractivity contribution in [2.45, 2.75) is 19.5 Å². The molecule has 3 aromatic rings. The number of carbonyl (C=O) groups excluding carboxylic acids is 1. The number of nitrogens with zero attached hydrogens (tertiary/aromatic N) is 4. The predicted molar refractivity (Wildman–Crippen MR) is 101 cm³/mol. The van der Waals surface area contributed by atoms with E-state index in [1.54, 1.807) is 22.9 Å². The molecule has 132 valence electrons. The minimum absolute atomic E-state index is 0.143. The van der Waals surface area contributed by atoms with Gasteiger partial charge >= 0.3 is 0 Å². The number of halogens is 2. The van der Waals surface area contributed by atoms with Gasteiger partial charge in [-0.05, 0) is 41.1 Å². The molecule has 0 radical (unpaired) electrons. The molecule has 0 saturated carbocycles. The highest BCUT2D eigenvalue weighted by Gasteiger charge is 2.14. The molecule has 1 aromatic carbocycles. The number of hydrogen-bond acceptors (Lipinski definition) is 4. The third-order valence-corrected chi connectivity index (χ3v) is 4.36. The highest BCUT2D eigenvalue weighted by atomic mass is 79.9. The molecule has 0 aliphatic carbocycles. The fourth-order valence-electron chi connectivity index (χ4n) is 2.42. The molecule has 2 N–H and O–H groups in total. The van der Waals surface area contributed by atoms with Gasteiger partial charge in [0.05, 0.1) is 22.8 Å². The summed E-state index contributed by atoms with van der Waals surface area (Å²) < 4.78 is 2.25. The maximum atomic E-state index is 12.1. The van der Waals surface area contributed by atoms with Gasteiger partial charge in [-0.25, -0.2) is 4.98 Å². The van der Waals surface area contributed by atoms with E-state index in [4.69, 9.17) is 16.9 Å². The maximum Gasteiger partial charge on any atom is 0.271 e. The first-order valence-corrected chi connectivity index (χ1v) is 8.88. The van der Waals surface area contributed by atoms with Gasteiger partial charge in [0, 0.05) is 24.0 Å². The lowest BCUT2D eigenvalue weighted by atomic mass is 10.1. The van der Waals surface area contributed by atoms with Crippen molar-refractivity contribution in [2.75, 3.05) is 0 Å². The number of amides is 1. The van der Waals surface area contributed by atoms with E-state index in [-0.39, 0.29) is 11.9 Å². The van der Waals surface area contributed by atoms with Crippen LogP contribution in [0.4, 0.5) is 0 Å². The Morgan fingerprint density at radius 1 is 1.50 bits per heavy atom. The van der Waals surface area contributed by atoms with E-state index in [1.807, 2.05) is 25.3 Å². The van der Waals surface area contributed by atoms with Crippen LogP contribution in [0.25, 0.3) is 11.3 Å². The van der Waals surface area contributed by atoms with Crippen molar-refractivity contribution in [3.05, 3.63) is 57.7 Å². The van der Waals surface area contributed by atoms with Gasteiger partial charge in [0.15, 0.2) is 4.73 Å². The number of carbonyl (C=O) groups is 1. The van der Waals surface area contributed by atoms with Crippen molar-refractivity contribution in [3.8, 4) is 17.3 Å². The topological polar surface area (TPSA) is 99.4 Å². The van der Waals surface area contributed by atoms with Gasteiger partial charge in [-0.3, -0.25) is 9.48 Å². The van der Waals surface area contributed by atoms with Crippen LogP contribution in [0.1, 0.15) is 23.0 Å². The summed E-state index contributed by atoms with van der Waals surface area (Å²) in [5.41, 5.74) is 2.31. The van der Waals surface area contributed by atoms with E-state index in [9.17, 15) is 4.79 Å². The highest BCUT2D eigenvalue weighted by molar-refractivity contribution is 9.10. The van der Waals surface area contributed by atoms with Crippen molar-refractivity contribution >= 4 is 33.4 Å². The SMILES string of the molecule is C[C@@H](Cn1ccc(-c2ccc(C#N)c(Cl)c2)n1)NC(=O)c1c[nH]c(Br)n1. The quantitative estimate of drug-likeness (QED) is 0.644. The number of rotatable bonds is 5. The van der Waals surface area contributed by atoms with Crippen LogP contribution < -0.4 is 5.32 Å². The van der Waals surface area contributed by atoms with Crippen LogP contribution in [-0.2, 0) is 6.54 Å².